The van der Waals surface area contributed by atoms with Crippen molar-refractivity contribution in [2.24, 2.45) is 0 Å². The summed E-state index contributed by atoms with van der Waals surface area (Å²) in [6.45, 7) is 0.798. The maximum Gasteiger partial charge on any atom is 0.416 e. The minimum Gasteiger partial charge on any atom is -0.492 e. The second-order valence-corrected chi connectivity index (χ2v) is 6.94. The van der Waals surface area contributed by atoms with Gasteiger partial charge in [-0.1, -0.05) is 36.4 Å². The van der Waals surface area contributed by atoms with Gasteiger partial charge in [0.05, 0.1) is 18.5 Å². The van der Waals surface area contributed by atoms with Gasteiger partial charge in [-0.15, -0.1) is 10.2 Å². The molecule has 0 saturated heterocycles. The Bertz CT molecular complexity index is 990. The number of aromatic nitrogens is 2. The SMILES string of the molecule is CN(CCOc1ccccc1)C(=O)CCc1nnc(Cc2cccc(C(F)(F)F)c2)o1. The van der Waals surface area contributed by atoms with Crippen LogP contribution in [0.5, 0.6) is 5.75 Å². The number of halogens is 3. The average Bonchev–Trinajstić information content (AvgIpc) is 3.19. The molecule has 0 spiro atoms. The predicted molar refractivity (Wildman–Crippen MR) is 106 cm³/mol. The Labute approximate surface area is 177 Å². The van der Waals surface area contributed by atoms with Gasteiger partial charge in [-0.3, -0.25) is 4.79 Å². The third-order valence-corrected chi connectivity index (χ3v) is 4.54. The highest BCUT2D eigenvalue weighted by Gasteiger charge is 2.30. The van der Waals surface area contributed by atoms with E-state index in [1.807, 2.05) is 30.3 Å². The van der Waals surface area contributed by atoms with Gasteiger partial charge >= 0.3 is 6.18 Å². The molecule has 0 saturated carbocycles. The van der Waals surface area contributed by atoms with Gasteiger partial charge in [0.25, 0.3) is 0 Å². The number of likely N-dealkylation sites (N-methyl/N-ethyl adjacent to an activating group) is 1. The topological polar surface area (TPSA) is 68.5 Å². The van der Waals surface area contributed by atoms with E-state index in [1.165, 1.54) is 6.07 Å². The molecule has 0 unspecified atom stereocenters. The van der Waals surface area contributed by atoms with Crippen LogP contribution in [-0.2, 0) is 23.8 Å². The van der Waals surface area contributed by atoms with Gasteiger partial charge in [0.15, 0.2) is 0 Å². The van der Waals surface area contributed by atoms with Crippen LogP contribution in [0.4, 0.5) is 13.2 Å². The zero-order valence-corrected chi connectivity index (χ0v) is 16.9. The van der Waals surface area contributed by atoms with Crippen LogP contribution in [0.3, 0.4) is 0 Å². The maximum absolute atomic E-state index is 12.8. The van der Waals surface area contributed by atoms with Gasteiger partial charge in [0, 0.05) is 19.9 Å². The lowest BCUT2D eigenvalue weighted by molar-refractivity contribution is -0.137. The summed E-state index contributed by atoms with van der Waals surface area (Å²) in [7, 11) is 1.68. The smallest absolute Gasteiger partial charge is 0.416 e. The molecule has 3 aromatic rings. The number of carbonyl (C=O) groups is 1. The first-order chi connectivity index (χ1) is 14.8. The molecular formula is C22H22F3N3O3. The molecule has 0 aliphatic rings. The molecule has 0 radical (unpaired) electrons. The van der Waals surface area contributed by atoms with E-state index in [0.29, 0.717) is 18.7 Å². The second kappa shape index (κ2) is 10.1. The number of alkyl halides is 3. The molecular weight excluding hydrogens is 411 g/mol. The summed E-state index contributed by atoms with van der Waals surface area (Å²) in [5, 5.41) is 7.75. The van der Waals surface area contributed by atoms with Crippen LogP contribution in [0.1, 0.15) is 29.3 Å². The quantitative estimate of drug-likeness (QED) is 0.507. The van der Waals surface area contributed by atoms with Crippen molar-refractivity contribution in [3.8, 4) is 5.75 Å². The van der Waals surface area contributed by atoms with E-state index in [-0.39, 0.29) is 37.0 Å². The lowest BCUT2D eigenvalue weighted by atomic mass is 10.1. The van der Waals surface area contributed by atoms with Gasteiger partial charge in [-0.25, -0.2) is 0 Å². The summed E-state index contributed by atoms with van der Waals surface area (Å²) in [6, 6.07) is 14.3. The van der Waals surface area contributed by atoms with Gasteiger partial charge < -0.3 is 14.1 Å². The van der Waals surface area contributed by atoms with Crippen LogP contribution in [-0.4, -0.2) is 41.2 Å². The fourth-order valence-corrected chi connectivity index (χ4v) is 2.84. The number of para-hydroxylation sites is 1. The van der Waals surface area contributed by atoms with Crippen molar-refractivity contribution < 1.29 is 27.1 Å². The molecule has 31 heavy (non-hydrogen) atoms. The fourth-order valence-electron chi connectivity index (χ4n) is 2.84. The lowest BCUT2D eigenvalue weighted by Crippen LogP contribution is -2.31. The Morgan fingerprint density at radius 1 is 1.06 bits per heavy atom. The number of aryl methyl sites for hydroxylation is 1. The summed E-state index contributed by atoms with van der Waals surface area (Å²) < 4.78 is 49.5. The van der Waals surface area contributed by atoms with Crippen LogP contribution >= 0.6 is 0 Å². The van der Waals surface area contributed by atoms with E-state index in [1.54, 1.807) is 18.0 Å². The molecule has 1 amide bonds. The van der Waals surface area contributed by atoms with E-state index in [0.717, 1.165) is 17.9 Å². The van der Waals surface area contributed by atoms with E-state index < -0.39 is 11.7 Å². The summed E-state index contributed by atoms with van der Waals surface area (Å²) in [6.07, 6.45) is -3.90. The molecule has 1 aromatic heterocycles. The van der Waals surface area contributed by atoms with Crippen molar-refractivity contribution in [3.63, 3.8) is 0 Å². The average molecular weight is 433 g/mol. The maximum atomic E-state index is 12.8. The minimum atomic E-state index is -4.41. The van der Waals surface area contributed by atoms with Gasteiger partial charge in [-0.2, -0.15) is 13.2 Å². The van der Waals surface area contributed by atoms with Crippen molar-refractivity contribution in [1.29, 1.82) is 0 Å². The van der Waals surface area contributed by atoms with Crippen molar-refractivity contribution in [2.45, 2.75) is 25.4 Å². The highest BCUT2D eigenvalue weighted by molar-refractivity contribution is 5.75. The zero-order chi connectivity index (χ0) is 22.3. The van der Waals surface area contributed by atoms with Crippen LogP contribution in [0.2, 0.25) is 0 Å². The zero-order valence-electron chi connectivity index (χ0n) is 16.9. The molecule has 0 bridgehead atoms. The number of ether oxygens (including phenoxy) is 1. The van der Waals surface area contributed by atoms with Gasteiger partial charge in [-0.05, 0) is 23.8 Å². The fraction of sp³-hybridized carbons (Fsp3) is 0.318. The Balaban J connectivity index is 1.44. The summed E-state index contributed by atoms with van der Waals surface area (Å²) >= 11 is 0. The molecule has 1 heterocycles. The Hall–Kier alpha value is -3.36. The van der Waals surface area contributed by atoms with Crippen molar-refractivity contribution in [1.82, 2.24) is 15.1 Å². The number of hydrogen-bond acceptors (Lipinski definition) is 5. The first-order valence-corrected chi connectivity index (χ1v) is 9.70. The first-order valence-electron chi connectivity index (χ1n) is 9.70. The number of rotatable bonds is 9. The molecule has 0 N–H and O–H groups in total. The first kappa shape index (κ1) is 22.3. The number of amides is 1. The lowest BCUT2D eigenvalue weighted by Gasteiger charge is -2.17. The van der Waals surface area contributed by atoms with E-state index in [2.05, 4.69) is 10.2 Å². The largest absolute Gasteiger partial charge is 0.492 e. The van der Waals surface area contributed by atoms with Crippen molar-refractivity contribution in [2.75, 3.05) is 20.2 Å². The number of benzene rings is 2. The molecule has 2 aromatic carbocycles. The molecule has 3 rings (SSSR count). The normalized spacial score (nSPS) is 11.4. The van der Waals surface area contributed by atoms with Crippen molar-refractivity contribution >= 4 is 5.91 Å². The summed E-state index contributed by atoms with van der Waals surface area (Å²) in [5.74, 6) is 1.10. The predicted octanol–water partition coefficient (Wildman–Crippen LogP) is 4.15. The Morgan fingerprint density at radius 3 is 2.55 bits per heavy atom. The van der Waals surface area contributed by atoms with Crippen LogP contribution in [0.25, 0.3) is 0 Å². The standard InChI is InChI=1S/C22H22F3N3O3/c1-28(12-13-30-18-8-3-2-4-9-18)21(29)11-10-19-26-27-20(31-19)15-16-6-5-7-17(14-16)22(23,24)25/h2-9,14H,10-13,15H2,1H3. The Kier molecular flexibility index (Phi) is 7.28. The monoisotopic (exact) mass is 433 g/mol. The molecule has 164 valence electrons. The molecule has 9 heteroatoms. The molecule has 6 nitrogen and oxygen atoms in total. The van der Waals surface area contributed by atoms with Crippen LogP contribution in [0, 0.1) is 0 Å². The highest BCUT2D eigenvalue weighted by Crippen LogP contribution is 2.29. The van der Waals surface area contributed by atoms with E-state index in [9.17, 15) is 18.0 Å². The molecule has 0 aliphatic carbocycles. The number of hydrogen-bond donors (Lipinski definition) is 0. The number of nitrogens with zero attached hydrogens (tertiary/aromatic N) is 3. The third kappa shape index (κ3) is 6.84. The van der Waals surface area contributed by atoms with Crippen LogP contribution < -0.4 is 4.74 Å². The van der Waals surface area contributed by atoms with Gasteiger partial charge in [0.2, 0.25) is 17.7 Å². The molecule has 0 atom stereocenters. The van der Waals surface area contributed by atoms with Crippen molar-refractivity contribution in [3.05, 3.63) is 77.5 Å². The van der Waals surface area contributed by atoms with Crippen LogP contribution in [0.15, 0.2) is 59.0 Å². The Morgan fingerprint density at radius 2 is 1.81 bits per heavy atom. The molecule has 0 aliphatic heterocycles. The summed E-state index contributed by atoms with van der Waals surface area (Å²) in [5.41, 5.74) is -0.311. The highest BCUT2D eigenvalue weighted by atomic mass is 19.4. The van der Waals surface area contributed by atoms with Gasteiger partial charge in [0.1, 0.15) is 12.4 Å². The number of carbonyl (C=O) groups excluding carboxylic acids is 1. The second-order valence-electron chi connectivity index (χ2n) is 6.94. The van der Waals surface area contributed by atoms with E-state index >= 15 is 0 Å². The van der Waals surface area contributed by atoms with E-state index in [4.69, 9.17) is 9.15 Å². The minimum absolute atomic E-state index is 0.0849. The summed E-state index contributed by atoms with van der Waals surface area (Å²) in [4.78, 5) is 13.8. The molecule has 0 fully saturated rings. The third-order valence-electron chi connectivity index (χ3n) is 4.54.